The Morgan fingerprint density at radius 1 is 1.47 bits per heavy atom. The topological polar surface area (TPSA) is 69.4 Å². The van der Waals surface area contributed by atoms with Crippen LogP contribution in [0.3, 0.4) is 0 Å². The Hall–Kier alpha value is -0.590. The number of benzene rings is 1. The fourth-order valence-electron chi connectivity index (χ4n) is 1.86. The van der Waals surface area contributed by atoms with Gasteiger partial charge < -0.3 is 10.5 Å². The number of ether oxygens (including phenoxy) is 1. The molecule has 1 aliphatic heterocycles. The molecule has 0 bridgehead atoms. The van der Waals surface area contributed by atoms with Gasteiger partial charge in [-0.1, -0.05) is 15.9 Å². The van der Waals surface area contributed by atoms with E-state index in [2.05, 4.69) is 15.9 Å². The molecular weight excluding hydrogens is 306 g/mol. The van der Waals surface area contributed by atoms with E-state index in [1.54, 1.807) is 0 Å². The van der Waals surface area contributed by atoms with Crippen LogP contribution in [0.4, 0.5) is 0 Å². The van der Waals surface area contributed by atoms with Crippen LogP contribution in [0.15, 0.2) is 22.7 Å². The van der Waals surface area contributed by atoms with Crippen LogP contribution in [-0.2, 0) is 16.4 Å². The Kier molecular flexibility index (Phi) is 3.75. The molecule has 0 amide bonds. The van der Waals surface area contributed by atoms with E-state index >= 15 is 0 Å². The number of hydrogen-bond donors (Lipinski definition) is 1. The summed E-state index contributed by atoms with van der Waals surface area (Å²) in [4.78, 5) is 0. The molecule has 6 heteroatoms. The molecule has 1 aromatic carbocycles. The molecule has 0 saturated carbocycles. The largest absolute Gasteiger partial charge is 0.489 e. The third-order valence-electron chi connectivity index (χ3n) is 2.73. The molecule has 1 saturated heterocycles. The lowest BCUT2D eigenvalue weighted by molar-refractivity contribution is 0.226. The molecule has 1 heterocycles. The first-order chi connectivity index (χ1) is 8.00. The van der Waals surface area contributed by atoms with E-state index in [4.69, 9.17) is 10.5 Å². The second kappa shape index (κ2) is 4.96. The lowest BCUT2D eigenvalue weighted by atomic mass is 10.2. The van der Waals surface area contributed by atoms with Gasteiger partial charge in [0.15, 0.2) is 9.84 Å². The standard InChI is InChI=1S/C11H14BrNO3S/c12-9-1-2-11(8(5-9)6-13)16-10-3-4-17(14,15)7-10/h1-2,5,10H,3-4,6-7,13H2. The van der Waals surface area contributed by atoms with Gasteiger partial charge in [-0.25, -0.2) is 8.42 Å². The van der Waals surface area contributed by atoms with Crippen LogP contribution in [0.5, 0.6) is 5.75 Å². The lowest BCUT2D eigenvalue weighted by Gasteiger charge is -2.15. The molecule has 2 rings (SSSR count). The molecule has 2 N–H and O–H groups in total. The van der Waals surface area contributed by atoms with E-state index in [9.17, 15) is 8.42 Å². The summed E-state index contributed by atoms with van der Waals surface area (Å²) in [5.74, 6) is 0.997. The van der Waals surface area contributed by atoms with Crippen LogP contribution < -0.4 is 10.5 Å². The van der Waals surface area contributed by atoms with Gasteiger partial charge in [-0.2, -0.15) is 0 Å². The van der Waals surface area contributed by atoms with Crippen molar-refractivity contribution in [3.05, 3.63) is 28.2 Å². The summed E-state index contributed by atoms with van der Waals surface area (Å²) < 4.78 is 29.3. The fraction of sp³-hybridized carbons (Fsp3) is 0.455. The van der Waals surface area contributed by atoms with E-state index in [-0.39, 0.29) is 17.6 Å². The predicted octanol–water partition coefficient (Wildman–Crippen LogP) is 1.47. The maximum Gasteiger partial charge on any atom is 0.154 e. The molecule has 4 nitrogen and oxygen atoms in total. The van der Waals surface area contributed by atoms with Gasteiger partial charge in [0.25, 0.3) is 0 Å². The summed E-state index contributed by atoms with van der Waals surface area (Å²) >= 11 is 3.36. The van der Waals surface area contributed by atoms with Crippen molar-refractivity contribution in [2.24, 2.45) is 5.73 Å². The summed E-state index contributed by atoms with van der Waals surface area (Å²) in [5, 5.41) is 0. The minimum atomic E-state index is -2.91. The first-order valence-corrected chi connectivity index (χ1v) is 7.97. The van der Waals surface area contributed by atoms with Crippen LogP contribution >= 0.6 is 15.9 Å². The van der Waals surface area contributed by atoms with Gasteiger partial charge in [0.2, 0.25) is 0 Å². The van der Waals surface area contributed by atoms with Crippen LogP contribution in [-0.4, -0.2) is 26.0 Å². The average Bonchev–Trinajstić information content (AvgIpc) is 2.61. The molecule has 94 valence electrons. The van der Waals surface area contributed by atoms with Crippen molar-refractivity contribution in [2.45, 2.75) is 19.1 Å². The Morgan fingerprint density at radius 3 is 2.82 bits per heavy atom. The number of halogens is 1. The van der Waals surface area contributed by atoms with Crippen molar-refractivity contribution in [3.8, 4) is 5.75 Å². The molecule has 1 unspecified atom stereocenters. The molecule has 1 fully saturated rings. The zero-order valence-corrected chi connectivity index (χ0v) is 11.6. The van der Waals surface area contributed by atoms with Crippen molar-refractivity contribution < 1.29 is 13.2 Å². The smallest absolute Gasteiger partial charge is 0.154 e. The number of sulfone groups is 1. The second-order valence-corrected chi connectivity index (χ2v) is 7.24. The molecule has 0 spiro atoms. The third kappa shape index (κ3) is 3.20. The zero-order chi connectivity index (χ0) is 12.5. The Labute approximate surface area is 109 Å². The van der Waals surface area contributed by atoms with Crippen LogP contribution in [0.1, 0.15) is 12.0 Å². The van der Waals surface area contributed by atoms with Crippen LogP contribution in [0, 0.1) is 0 Å². The van der Waals surface area contributed by atoms with Crippen molar-refractivity contribution in [3.63, 3.8) is 0 Å². The first-order valence-electron chi connectivity index (χ1n) is 5.36. The van der Waals surface area contributed by atoms with Crippen LogP contribution in [0.25, 0.3) is 0 Å². The van der Waals surface area contributed by atoms with Crippen molar-refractivity contribution in [2.75, 3.05) is 11.5 Å². The maximum absolute atomic E-state index is 11.3. The fourth-order valence-corrected chi connectivity index (χ4v) is 3.85. The highest BCUT2D eigenvalue weighted by Gasteiger charge is 2.29. The molecule has 0 aliphatic carbocycles. The summed E-state index contributed by atoms with van der Waals surface area (Å²) in [5.41, 5.74) is 6.51. The van der Waals surface area contributed by atoms with Gasteiger partial charge in [-0.05, 0) is 24.6 Å². The zero-order valence-electron chi connectivity index (χ0n) is 9.23. The predicted molar refractivity (Wildman–Crippen MR) is 69.7 cm³/mol. The summed E-state index contributed by atoms with van der Waals surface area (Å²) in [7, 11) is -2.91. The summed E-state index contributed by atoms with van der Waals surface area (Å²) in [6.07, 6.45) is 0.314. The van der Waals surface area contributed by atoms with Crippen molar-refractivity contribution >= 4 is 25.8 Å². The molecule has 1 aliphatic rings. The Bertz CT molecular complexity index is 515. The first kappa shape index (κ1) is 12.9. The quantitative estimate of drug-likeness (QED) is 0.916. The normalized spacial score (nSPS) is 22.6. The summed E-state index contributed by atoms with van der Waals surface area (Å²) in [6, 6.07) is 5.56. The monoisotopic (exact) mass is 319 g/mol. The molecule has 1 atom stereocenters. The van der Waals surface area contributed by atoms with E-state index in [0.717, 1.165) is 10.0 Å². The SMILES string of the molecule is NCc1cc(Br)ccc1OC1CCS(=O)(=O)C1. The molecule has 0 radical (unpaired) electrons. The molecule has 0 aromatic heterocycles. The van der Waals surface area contributed by atoms with E-state index in [1.165, 1.54) is 0 Å². The Morgan fingerprint density at radius 2 is 2.24 bits per heavy atom. The van der Waals surface area contributed by atoms with Gasteiger partial charge >= 0.3 is 0 Å². The highest BCUT2D eigenvalue weighted by Crippen LogP contribution is 2.26. The minimum Gasteiger partial charge on any atom is -0.489 e. The van der Waals surface area contributed by atoms with Crippen LogP contribution in [0.2, 0.25) is 0 Å². The highest BCUT2D eigenvalue weighted by molar-refractivity contribution is 9.10. The van der Waals surface area contributed by atoms with Gasteiger partial charge in [0.05, 0.1) is 11.5 Å². The molecule has 17 heavy (non-hydrogen) atoms. The maximum atomic E-state index is 11.3. The minimum absolute atomic E-state index is 0.104. The van der Waals surface area contributed by atoms with E-state index in [0.29, 0.717) is 18.7 Å². The van der Waals surface area contributed by atoms with Gasteiger partial charge in [-0.15, -0.1) is 0 Å². The van der Waals surface area contributed by atoms with Gasteiger partial charge in [0, 0.05) is 16.6 Å². The van der Waals surface area contributed by atoms with Crippen molar-refractivity contribution in [1.82, 2.24) is 0 Å². The average molecular weight is 320 g/mol. The summed E-state index contributed by atoms with van der Waals surface area (Å²) in [6.45, 7) is 0.369. The lowest BCUT2D eigenvalue weighted by Crippen LogP contribution is -2.18. The number of hydrogen-bond acceptors (Lipinski definition) is 4. The third-order valence-corrected chi connectivity index (χ3v) is 4.96. The van der Waals surface area contributed by atoms with Crippen molar-refractivity contribution in [1.29, 1.82) is 0 Å². The molecule has 1 aromatic rings. The van der Waals surface area contributed by atoms with Gasteiger partial charge in [0.1, 0.15) is 11.9 Å². The van der Waals surface area contributed by atoms with E-state index < -0.39 is 9.84 Å². The van der Waals surface area contributed by atoms with Gasteiger partial charge in [-0.3, -0.25) is 0 Å². The number of nitrogens with two attached hydrogens (primary N) is 1. The Balaban J connectivity index is 2.14. The molecular formula is C11H14BrNO3S. The second-order valence-electron chi connectivity index (χ2n) is 4.10. The highest BCUT2D eigenvalue weighted by atomic mass is 79.9. The van der Waals surface area contributed by atoms with E-state index in [1.807, 2.05) is 18.2 Å². The number of rotatable bonds is 3.